The lowest BCUT2D eigenvalue weighted by atomic mass is 10.1. The number of hydrogen-bond donors (Lipinski definition) is 1. The van der Waals surface area contributed by atoms with Gasteiger partial charge in [0.25, 0.3) is 0 Å². The van der Waals surface area contributed by atoms with Gasteiger partial charge in [0.15, 0.2) is 11.6 Å². The lowest BCUT2D eigenvalue weighted by molar-refractivity contribution is -0.186. The van der Waals surface area contributed by atoms with Gasteiger partial charge in [-0.2, -0.15) is 20.1 Å². The standard InChI is InChI=1S/C23H22F2N8O3/c1-16(23(35,13-30-15-26-14-29-30)36-21-7-2-17(24)12-20(21)25)31-10-11-32(22(31)34)18-3-5-19(6-4-18)33-27-8-9-28-33/h2-9,12,14-16,35H,10-11,13H2,1H3/t16-,23+/m1/s1. The summed E-state index contributed by atoms with van der Waals surface area (Å²) in [4.78, 5) is 21.7. The van der Waals surface area contributed by atoms with E-state index in [1.165, 1.54) is 27.0 Å². The molecule has 0 radical (unpaired) electrons. The quantitative estimate of drug-likeness (QED) is 0.372. The van der Waals surface area contributed by atoms with Crippen LogP contribution in [0.5, 0.6) is 5.75 Å². The van der Waals surface area contributed by atoms with Crippen molar-refractivity contribution in [2.45, 2.75) is 25.3 Å². The van der Waals surface area contributed by atoms with Gasteiger partial charge in [-0.05, 0) is 43.3 Å². The van der Waals surface area contributed by atoms with E-state index in [4.69, 9.17) is 4.74 Å². The minimum Gasteiger partial charge on any atom is -0.455 e. The number of aliphatic hydroxyl groups is 1. The molecular formula is C23H22F2N8O3. The largest absolute Gasteiger partial charge is 0.455 e. The zero-order chi connectivity index (χ0) is 25.3. The molecule has 2 aromatic carbocycles. The van der Waals surface area contributed by atoms with Crippen LogP contribution in [0.3, 0.4) is 0 Å². The van der Waals surface area contributed by atoms with E-state index in [1.54, 1.807) is 48.5 Å². The van der Waals surface area contributed by atoms with Crippen molar-refractivity contribution < 1.29 is 23.4 Å². The maximum absolute atomic E-state index is 14.4. The van der Waals surface area contributed by atoms with Gasteiger partial charge in [-0.1, -0.05) is 0 Å². The smallest absolute Gasteiger partial charge is 0.325 e. The molecule has 0 spiro atoms. The van der Waals surface area contributed by atoms with Crippen LogP contribution in [0.1, 0.15) is 6.92 Å². The van der Waals surface area contributed by atoms with E-state index < -0.39 is 23.5 Å². The van der Waals surface area contributed by atoms with Gasteiger partial charge in [-0.15, -0.1) is 0 Å². The highest BCUT2D eigenvalue weighted by atomic mass is 19.1. The molecule has 13 heteroatoms. The second-order valence-electron chi connectivity index (χ2n) is 8.25. The Labute approximate surface area is 204 Å². The van der Waals surface area contributed by atoms with Crippen molar-refractivity contribution in [2.75, 3.05) is 18.0 Å². The number of halogens is 2. The molecule has 5 rings (SSSR count). The first-order valence-electron chi connectivity index (χ1n) is 11.1. The summed E-state index contributed by atoms with van der Waals surface area (Å²) in [6.07, 6.45) is 5.76. The molecule has 4 aromatic rings. The predicted octanol–water partition coefficient (Wildman–Crippen LogP) is 2.24. The molecule has 0 aliphatic carbocycles. The molecule has 2 aromatic heterocycles. The molecular weight excluding hydrogens is 474 g/mol. The van der Waals surface area contributed by atoms with Crippen molar-refractivity contribution >= 4 is 11.7 Å². The van der Waals surface area contributed by atoms with Gasteiger partial charge in [0.1, 0.15) is 25.0 Å². The SMILES string of the molecule is C[C@@H](N1CCN(c2ccc(-n3nccn3)cc2)C1=O)[C@](O)(Cn1cncn1)Oc1ccc(F)cc1F. The number of nitrogens with zero attached hydrogens (tertiary/aromatic N) is 8. The number of carbonyl (C=O) groups is 1. The second-order valence-corrected chi connectivity index (χ2v) is 8.25. The Balaban J connectivity index is 1.38. The minimum absolute atomic E-state index is 0.264. The summed E-state index contributed by atoms with van der Waals surface area (Å²) in [6, 6.07) is 8.56. The van der Waals surface area contributed by atoms with Crippen LogP contribution in [0.4, 0.5) is 19.3 Å². The average Bonchev–Trinajstić information content (AvgIpc) is 3.64. The fraction of sp³-hybridized carbons (Fsp3) is 0.261. The monoisotopic (exact) mass is 496 g/mol. The van der Waals surface area contributed by atoms with Gasteiger partial charge in [0.2, 0.25) is 5.79 Å². The number of ether oxygens (including phenoxy) is 1. The van der Waals surface area contributed by atoms with Crippen LogP contribution in [-0.4, -0.2) is 70.7 Å². The van der Waals surface area contributed by atoms with Gasteiger partial charge in [-0.25, -0.2) is 23.2 Å². The predicted molar refractivity (Wildman–Crippen MR) is 122 cm³/mol. The number of benzene rings is 2. The van der Waals surface area contributed by atoms with Crippen molar-refractivity contribution in [2.24, 2.45) is 0 Å². The van der Waals surface area contributed by atoms with E-state index in [0.717, 1.165) is 17.8 Å². The fourth-order valence-corrected chi connectivity index (χ4v) is 4.06. The Morgan fingerprint density at radius 2 is 1.78 bits per heavy atom. The summed E-state index contributed by atoms with van der Waals surface area (Å²) in [5.41, 5.74) is 1.38. The third-order valence-electron chi connectivity index (χ3n) is 6.01. The van der Waals surface area contributed by atoms with E-state index in [0.29, 0.717) is 18.3 Å². The maximum Gasteiger partial charge on any atom is 0.325 e. The van der Waals surface area contributed by atoms with Crippen molar-refractivity contribution in [3.8, 4) is 11.4 Å². The molecule has 0 unspecified atom stereocenters. The minimum atomic E-state index is -2.12. The lowest BCUT2D eigenvalue weighted by Gasteiger charge is -2.38. The molecule has 186 valence electrons. The first-order chi connectivity index (χ1) is 17.3. The normalized spacial score (nSPS) is 16.3. The number of hydrogen-bond acceptors (Lipinski definition) is 7. The summed E-state index contributed by atoms with van der Waals surface area (Å²) in [6.45, 7) is 1.96. The summed E-state index contributed by atoms with van der Waals surface area (Å²) >= 11 is 0. The van der Waals surface area contributed by atoms with Gasteiger partial charge in [0, 0.05) is 24.8 Å². The average molecular weight is 496 g/mol. The van der Waals surface area contributed by atoms with Crippen molar-refractivity contribution in [1.82, 2.24) is 34.7 Å². The van der Waals surface area contributed by atoms with Crippen LogP contribution in [0.15, 0.2) is 67.5 Å². The molecule has 3 heterocycles. The van der Waals surface area contributed by atoms with Gasteiger partial charge in [0.05, 0.1) is 24.1 Å². The Hall–Kier alpha value is -4.39. The highest BCUT2D eigenvalue weighted by Crippen LogP contribution is 2.30. The van der Waals surface area contributed by atoms with Crippen LogP contribution in [0, 0.1) is 11.6 Å². The number of anilines is 1. The second kappa shape index (κ2) is 9.34. The van der Waals surface area contributed by atoms with E-state index in [1.807, 2.05) is 0 Å². The highest BCUT2D eigenvalue weighted by molar-refractivity contribution is 5.94. The van der Waals surface area contributed by atoms with Gasteiger partial charge >= 0.3 is 6.03 Å². The van der Waals surface area contributed by atoms with E-state index >= 15 is 0 Å². The zero-order valence-electron chi connectivity index (χ0n) is 19.1. The molecule has 2 atom stereocenters. The maximum atomic E-state index is 14.4. The van der Waals surface area contributed by atoms with E-state index in [-0.39, 0.29) is 24.9 Å². The van der Waals surface area contributed by atoms with Gasteiger partial charge in [-0.3, -0.25) is 4.90 Å². The van der Waals surface area contributed by atoms with Crippen LogP contribution in [0.25, 0.3) is 5.69 Å². The number of amides is 2. The van der Waals surface area contributed by atoms with Crippen molar-refractivity contribution in [3.63, 3.8) is 0 Å². The Morgan fingerprint density at radius 1 is 1.06 bits per heavy atom. The lowest BCUT2D eigenvalue weighted by Crippen LogP contribution is -2.58. The topological polar surface area (TPSA) is 114 Å². The first-order valence-corrected chi connectivity index (χ1v) is 11.1. The number of urea groups is 1. The summed E-state index contributed by atoms with van der Waals surface area (Å²) in [7, 11) is 0. The third-order valence-corrected chi connectivity index (χ3v) is 6.01. The van der Waals surface area contributed by atoms with Gasteiger partial charge < -0.3 is 14.7 Å². The zero-order valence-corrected chi connectivity index (χ0v) is 19.1. The summed E-state index contributed by atoms with van der Waals surface area (Å²) in [5.74, 6) is -4.25. The Morgan fingerprint density at radius 3 is 2.44 bits per heavy atom. The molecule has 1 fully saturated rings. The first kappa shape index (κ1) is 23.4. The van der Waals surface area contributed by atoms with Crippen LogP contribution >= 0.6 is 0 Å². The molecule has 1 aliphatic rings. The molecule has 1 saturated heterocycles. The number of aromatic nitrogens is 6. The van der Waals surface area contributed by atoms with Crippen LogP contribution < -0.4 is 9.64 Å². The van der Waals surface area contributed by atoms with Crippen molar-refractivity contribution in [3.05, 3.63) is 79.1 Å². The molecule has 36 heavy (non-hydrogen) atoms. The highest BCUT2D eigenvalue weighted by Gasteiger charge is 2.46. The Bertz CT molecular complexity index is 1330. The number of rotatable bonds is 8. The molecule has 2 amide bonds. The fourth-order valence-electron chi connectivity index (χ4n) is 4.06. The van der Waals surface area contributed by atoms with E-state index in [9.17, 15) is 18.7 Å². The van der Waals surface area contributed by atoms with Crippen LogP contribution in [-0.2, 0) is 6.54 Å². The van der Waals surface area contributed by atoms with Crippen LogP contribution in [0.2, 0.25) is 0 Å². The molecule has 11 nitrogen and oxygen atoms in total. The van der Waals surface area contributed by atoms with E-state index in [2.05, 4.69) is 20.3 Å². The third kappa shape index (κ3) is 4.47. The molecule has 0 bridgehead atoms. The molecule has 1 aliphatic heterocycles. The number of carbonyl (C=O) groups excluding carboxylic acids is 1. The molecule has 0 saturated carbocycles. The summed E-state index contributed by atoms with van der Waals surface area (Å²) in [5, 5.41) is 23.7. The Kier molecular flexibility index (Phi) is 6.06. The molecule has 1 N–H and O–H groups in total. The van der Waals surface area contributed by atoms with Crippen molar-refractivity contribution in [1.29, 1.82) is 0 Å². The summed E-state index contributed by atoms with van der Waals surface area (Å²) < 4.78 is 34.8.